The van der Waals surface area contributed by atoms with Crippen LogP contribution in [0.1, 0.15) is 11.1 Å². The second-order valence-corrected chi connectivity index (χ2v) is 7.01. The minimum absolute atomic E-state index is 0.155. The van der Waals surface area contributed by atoms with Crippen LogP contribution in [0.4, 0.5) is 0 Å². The molecule has 0 bridgehead atoms. The number of rotatable bonds is 8. The molecule has 152 valence electrons. The van der Waals surface area contributed by atoms with Gasteiger partial charge >= 0.3 is 0 Å². The smallest absolute Gasteiger partial charge is 0.203 e. The van der Waals surface area contributed by atoms with E-state index in [0.717, 1.165) is 37.2 Å². The van der Waals surface area contributed by atoms with Crippen LogP contribution < -0.4 is 18.9 Å². The van der Waals surface area contributed by atoms with Gasteiger partial charge in [0.05, 0.1) is 41.7 Å². The van der Waals surface area contributed by atoms with Crippen molar-refractivity contribution in [1.29, 1.82) is 0 Å². The van der Waals surface area contributed by atoms with Gasteiger partial charge in [-0.05, 0) is 60.1 Å². The summed E-state index contributed by atoms with van der Waals surface area (Å²) in [5, 5.41) is 9.80. The van der Waals surface area contributed by atoms with E-state index in [1.54, 1.807) is 34.5 Å². The summed E-state index contributed by atoms with van der Waals surface area (Å²) >= 11 is 0. The Morgan fingerprint density at radius 3 is 1.86 bits per heavy atom. The van der Waals surface area contributed by atoms with Crippen LogP contribution in [-0.4, -0.2) is 46.8 Å². The SMILES string of the molecule is COc1cc(C[C@H]2COC[C@@H]2Cc2cc(OC)c(OC)c(OC)c2)ccc1O. The standard InChI is InChI=1S/C22H28O6/c1-24-19-9-14(5-6-18(19)23)7-16-12-28-13-17(16)8-15-10-20(25-2)22(27-4)21(11-15)26-3/h5-6,9-11,16-17,23H,7-8,12-13H2,1-4H3/t16-,17-/m0/s1. The highest BCUT2D eigenvalue weighted by molar-refractivity contribution is 5.54. The zero-order valence-electron chi connectivity index (χ0n) is 16.9. The monoisotopic (exact) mass is 388 g/mol. The van der Waals surface area contributed by atoms with E-state index in [-0.39, 0.29) is 5.75 Å². The maximum absolute atomic E-state index is 9.80. The second kappa shape index (κ2) is 9.06. The van der Waals surface area contributed by atoms with E-state index in [1.807, 2.05) is 24.3 Å². The number of phenols is 1. The van der Waals surface area contributed by atoms with E-state index < -0.39 is 0 Å². The first kappa shape index (κ1) is 20.1. The summed E-state index contributed by atoms with van der Waals surface area (Å²) < 4.78 is 27.4. The average molecular weight is 388 g/mol. The number of ether oxygens (including phenoxy) is 5. The summed E-state index contributed by atoms with van der Waals surface area (Å²) in [5.74, 6) is 3.34. The first-order chi connectivity index (χ1) is 13.6. The minimum Gasteiger partial charge on any atom is -0.504 e. The molecule has 0 aliphatic carbocycles. The third-order valence-electron chi connectivity index (χ3n) is 5.29. The molecule has 2 atom stereocenters. The Balaban J connectivity index is 1.77. The Morgan fingerprint density at radius 1 is 0.786 bits per heavy atom. The molecule has 0 unspecified atom stereocenters. The van der Waals surface area contributed by atoms with Gasteiger partial charge in [0.1, 0.15) is 0 Å². The Bertz CT molecular complexity index is 779. The molecule has 6 heteroatoms. The molecular formula is C22H28O6. The molecule has 2 aromatic carbocycles. The number of hydrogen-bond acceptors (Lipinski definition) is 6. The highest BCUT2D eigenvalue weighted by Gasteiger charge is 2.29. The molecule has 1 N–H and O–H groups in total. The quantitative estimate of drug-likeness (QED) is 0.747. The van der Waals surface area contributed by atoms with E-state index in [4.69, 9.17) is 23.7 Å². The second-order valence-electron chi connectivity index (χ2n) is 7.01. The molecule has 1 fully saturated rings. The molecule has 1 heterocycles. The third kappa shape index (κ3) is 4.28. The minimum atomic E-state index is 0.155. The van der Waals surface area contributed by atoms with Crippen molar-refractivity contribution in [2.24, 2.45) is 11.8 Å². The lowest BCUT2D eigenvalue weighted by atomic mass is 9.85. The topological polar surface area (TPSA) is 66.4 Å². The molecule has 1 aliphatic rings. The van der Waals surface area contributed by atoms with Crippen molar-refractivity contribution in [3.05, 3.63) is 41.5 Å². The lowest BCUT2D eigenvalue weighted by Gasteiger charge is -2.20. The molecule has 1 saturated heterocycles. The van der Waals surface area contributed by atoms with Crippen LogP contribution in [0.15, 0.2) is 30.3 Å². The van der Waals surface area contributed by atoms with Crippen molar-refractivity contribution in [2.75, 3.05) is 41.7 Å². The molecule has 0 radical (unpaired) electrons. The molecule has 0 aromatic heterocycles. The van der Waals surface area contributed by atoms with Crippen molar-refractivity contribution in [3.63, 3.8) is 0 Å². The predicted octanol–water partition coefficient (Wildman–Crippen LogP) is 3.47. The highest BCUT2D eigenvalue weighted by Crippen LogP contribution is 2.40. The van der Waals surface area contributed by atoms with Crippen LogP contribution >= 0.6 is 0 Å². The van der Waals surface area contributed by atoms with Crippen LogP contribution in [0, 0.1) is 11.8 Å². The number of aromatic hydroxyl groups is 1. The van der Waals surface area contributed by atoms with Crippen LogP contribution in [0.2, 0.25) is 0 Å². The molecule has 2 aromatic rings. The maximum Gasteiger partial charge on any atom is 0.203 e. The maximum atomic E-state index is 9.80. The molecule has 6 nitrogen and oxygen atoms in total. The van der Waals surface area contributed by atoms with E-state index >= 15 is 0 Å². The molecule has 28 heavy (non-hydrogen) atoms. The predicted molar refractivity (Wildman–Crippen MR) is 106 cm³/mol. The third-order valence-corrected chi connectivity index (χ3v) is 5.29. The number of phenolic OH excluding ortho intramolecular Hbond substituents is 1. The van der Waals surface area contributed by atoms with Gasteiger partial charge in [0.15, 0.2) is 23.0 Å². The summed E-state index contributed by atoms with van der Waals surface area (Å²) in [6.07, 6.45) is 1.72. The fraction of sp³-hybridized carbons (Fsp3) is 0.455. The normalized spacial score (nSPS) is 18.7. The van der Waals surface area contributed by atoms with E-state index in [1.165, 1.54) is 0 Å². The van der Waals surface area contributed by atoms with Crippen LogP contribution in [0.25, 0.3) is 0 Å². The lowest BCUT2D eigenvalue weighted by Crippen LogP contribution is -2.17. The Labute approximate surface area is 165 Å². The molecule has 3 rings (SSSR count). The zero-order valence-corrected chi connectivity index (χ0v) is 16.9. The van der Waals surface area contributed by atoms with Crippen LogP contribution in [0.5, 0.6) is 28.7 Å². The fourth-order valence-electron chi connectivity index (χ4n) is 3.80. The van der Waals surface area contributed by atoms with Gasteiger partial charge < -0.3 is 28.8 Å². The van der Waals surface area contributed by atoms with Gasteiger partial charge in [-0.3, -0.25) is 0 Å². The van der Waals surface area contributed by atoms with Gasteiger partial charge in [-0.25, -0.2) is 0 Å². The van der Waals surface area contributed by atoms with Crippen molar-refractivity contribution in [3.8, 4) is 28.7 Å². The fourth-order valence-corrected chi connectivity index (χ4v) is 3.80. The Kier molecular flexibility index (Phi) is 6.52. The largest absolute Gasteiger partial charge is 0.504 e. The van der Waals surface area contributed by atoms with Gasteiger partial charge in [0, 0.05) is 0 Å². The lowest BCUT2D eigenvalue weighted by molar-refractivity contribution is 0.180. The van der Waals surface area contributed by atoms with Crippen molar-refractivity contribution >= 4 is 0 Å². The summed E-state index contributed by atoms with van der Waals surface area (Å²) in [6.45, 7) is 1.44. The van der Waals surface area contributed by atoms with Crippen LogP contribution in [-0.2, 0) is 17.6 Å². The van der Waals surface area contributed by atoms with Crippen molar-refractivity contribution in [2.45, 2.75) is 12.8 Å². The first-order valence-electron chi connectivity index (χ1n) is 9.32. The molecule has 1 aliphatic heterocycles. The summed E-state index contributed by atoms with van der Waals surface area (Å²) in [6, 6.07) is 9.51. The Hall–Kier alpha value is -2.60. The van der Waals surface area contributed by atoms with Crippen molar-refractivity contribution in [1.82, 2.24) is 0 Å². The molecule has 0 spiro atoms. The van der Waals surface area contributed by atoms with E-state index in [0.29, 0.717) is 34.8 Å². The zero-order chi connectivity index (χ0) is 20.1. The van der Waals surface area contributed by atoms with Crippen LogP contribution in [0.3, 0.4) is 0 Å². The Morgan fingerprint density at radius 2 is 1.32 bits per heavy atom. The van der Waals surface area contributed by atoms with Crippen molar-refractivity contribution < 1.29 is 28.8 Å². The van der Waals surface area contributed by atoms with Gasteiger partial charge in [0.25, 0.3) is 0 Å². The van der Waals surface area contributed by atoms with Gasteiger partial charge in [0.2, 0.25) is 5.75 Å². The highest BCUT2D eigenvalue weighted by atomic mass is 16.5. The van der Waals surface area contributed by atoms with E-state index in [2.05, 4.69) is 0 Å². The summed E-state index contributed by atoms with van der Waals surface area (Å²) in [7, 11) is 6.42. The van der Waals surface area contributed by atoms with Gasteiger partial charge in [-0.2, -0.15) is 0 Å². The number of benzene rings is 2. The summed E-state index contributed by atoms with van der Waals surface area (Å²) in [5.41, 5.74) is 2.25. The van der Waals surface area contributed by atoms with Gasteiger partial charge in [-0.1, -0.05) is 6.07 Å². The first-order valence-corrected chi connectivity index (χ1v) is 9.32. The molecule has 0 amide bonds. The van der Waals surface area contributed by atoms with Gasteiger partial charge in [-0.15, -0.1) is 0 Å². The molecule has 0 saturated carbocycles. The summed E-state index contributed by atoms with van der Waals surface area (Å²) in [4.78, 5) is 0. The average Bonchev–Trinajstić information content (AvgIpc) is 3.14. The van der Waals surface area contributed by atoms with E-state index in [9.17, 15) is 5.11 Å². The number of hydrogen-bond donors (Lipinski definition) is 1. The number of methoxy groups -OCH3 is 4. The molecular weight excluding hydrogens is 360 g/mol.